The normalized spacial score (nSPS) is 17.0. The number of morpholine rings is 1. The van der Waals surface area contributed by atoms with E-state index in [9.17, 15) is 8.78 Å². The van der Waals surface area contributed by atoms with Gasteiger partial charge in [0.25, 0.3) is 5.92 Å². The number of ether oxygens (including phenoxy) is 1. The molecule has 0 amide bonds. The minimum absolute atomic E-state index is 0.0783. The molecule has 2 aliphatic rings. The molecule has 186 valence electrons. The first-order chi connectivity index (χ1) is 16.8. The molecule has 2 heterocycles. The number of fused-ring (bicyclic) bond motifs is 3. The zero-order chi connectivity index (χ0) is 24.7. The van der Waals surface area contributed by atoms with Crippen LogP contribution in [0.2, 0.25) is 0 Å². The van der Waals surface area contributed by atoms with E-state index >= 15 is 4.39 Å². The molecule has 1 aliphatic heterocycles. The number of aliphatic hydroxyl groups is 1. The van der Waals surface area contributed by atoms with Gasteiger partial charge in [-0.3, -0.25) is 0 Å². The Balaban J connectivity index is 1.58. The van der Waals surface area contributed by atoms with Gasteiger partial charge in [0.05, 0.1) is 30.3 Å². The summed E-state index contributed by atoms with van der Waals surface area (Å²) in [6.07, 6.45) is 2.99. The maximum atomic E-state index is 15.1. The van der Waals surface area contributed by atoms with Gasteiger partial charge in [0.15, 0.2) is 0 Å². The Morgan fingerprint density at radius 3 is 2.66 bits per heavy atom. The van der Waals surface area contributed by atoms with Gasteiger partial charge >= 0.3 is 0 Å². The largest absolute Gasteiger partial charge is 0.390 e. The van der Waals surface area contributed by atoms with E-state index in [1.54, 1.807) is 6.92 Å². The summed E-state index contributed by atoms with van der Waals surface area (Å²) in [7, 11) is 0. The van der Waals surface area contributed by atoms with E-state index in [-0.39, 0.29) is 5.56 Å². The number of halogens is 3. The minimum Gasteiger partial charge on any atom is -0.390 e. The molecule has 0 bridgehead atoms. The third-order valence-corrected chi connectivity index (χ3v) is 6.94. The summed E-state index contributed by atoms with van der Waals surface area (Å²) in [5.41, 5.74) is 3.85. The minimum atomic E-state index is -3.66. The number of nitrogens with one attached hydrogen (secondary N) is 1. The van der Waals surface area contributed by atoms with E-state index in [1.165, 1.54) is 23.3 Å². The topological polar surface area (TPSA) is 70.5 Å². The number of aliphatic hydroxyl groups excluding tert-OH is 1. The first-order valence-electron chi connectivity index (χ1n) is 12.0. The van der Waals surface area contributed by atoms with Crippen molar-refractivity contribution in [1.29, 1.82) is 0 Å². The number of alkyl halides is 2. The van der Waals surface area contributed by atoms with E-state index in [4.69, 9.17) is 14.8 Å². The van der Waals surface area contributed by atoms with Gasteiger partial charge in [-0.2, -0.15) is 8.78 Å². The molecule has 0 unspecified atom stereocenters. The monoisotopic (exact) mass is 486 g/mol. The maximum absolute atomic E-state index is 15.1. The highest BCUT2D eigenvalue weighted by Crippen LogP contribution is 2.40. The SMILES string of the molecule is Cc1nc(N[C@H](C)c2cccc(C(F)(F)CO)c2F)c2cc(N3CCOCC3)c3c(c2n1)CCC3. The van der Waals surface area contributed by atoms with Crippen LogP contribution in [0, 0.1) is 12.7 Å². The smallest absolute Gasteiger partial charge is 0.298 e. The molecule has 0 saturated carbocycles. The molecular weight excluding hydrogens is 457 g/mol. The van der Waals surface area contributed by atoms with Crippen molar-refractivity contribution in [1.82, 2.24) is 9.97 Å². The summed E-state index contributed by atoms with van der Waals surface area (Å²) in [5, 5.41) is 13.1. The molecule has 1 atom stereocenters. The van der Waals surface area contributed by atoms with Gasteiger partial charge in [-0.1, -0.05) is 12.1 Å². The lowest BCUT2D eigenvalue weighted by molar-refractivity contribution is -0.0583. The van der Waals surface area contributed by atoms with E-state index in [1.807, 2.05) is 6.92 Å². The number of aryl methyl sites for hydroxylation is 2. The Hall–Kier alpha value is -2.91. The predicted octanol–water partition coefficient (Wildman–Crippen LogP) is 4.66. The zero-order valence-corrected chi connectivity index (χ0v) is 19.9. The maximum Gasteiger partial charge on any atom is 0.298 e. The zero-order valence-electron chi connectivity index (χ0n) is 19.9. The predicted molar refractivity (Wildman–Crippen MR) is 129 cm³/mol. The molecule has 2 aromatic carbocycles. The lowest BCUT2D eigenvalue weighted by Gasteiger charge is -2.31. The van der Waals surface area contributed by atoms with Crippen molar-refractivity contribution in [2.75, 3.05) is 43.1 Å². The van der Waals surface area contributed by atoms with Crippen LogP contribution in [0.3, 0.4) is 0 Å². The molecule has 1 saturated heterocycles. The van der Waals surface area contributed by atoms with Crippen LogP contribution < -0.4 is 10.2 Å². The standard InChI is InChI=1S/C26H29F3N4O2/c1-15(17-5-4-8-21(23(17)27)26(28,29)14-34)30-25-20-13-22(33-9-11-35-12-10-33)18-6-3-7-19(18)24(20)31-16(2)32-25/h4-5,8,13,15,34H,3,6-7,9-12,14H2,1-2H3,(H,30,31,32)/t15-/m1/s1. The molecule has 1 aliphatic carbocycles. The summed E-state index contributed by atoms with van der Waals surface area (Å²) in [4.78, 5) is 11.7. The van der Waals surface area contributed by atoms with E-state index in [0.717, 1.165) is 55.0 Å². The number of rotatable bonds is 6. The molecular formula is C26H29F3N4O2. The quantitative estimate of drug-likeness (QED) is 0.528. The van der Waals surface area contributed by atoms with Gasteiger partial charge in [0.2, 0.25) is 0 Å². The highest BCUT2D eigenvalue weighted by atomic mass is 19.3. The highest BCUT2D eigenvalue weighted by molar-refractivity contribution is 5.96. The second-order valence-corrected chi connectivity index (χ2v) is 9.26. The van der Waals surface area contributed by atoms with Gasteiger partial charge in [-0.05, 0) is 56.4 Å². The van der Waals surface area contributed by atoms with Crippen LogP contribution >= 0.6 is 0 Å². The number of anilines is 2. The fourth-order valence-electron chi connectivity index (χ4n) is 5.19. The Labute approximate surface area is 202 Å². The Morgan fingerprint density at radius 2 is 1.91 bits per heavy atom. The fourth-order valence-corrected chi connectivity index (χ4v) is 5.19. The summed E-state index contributed by atoms with van der Waals surface area (Å²) < 4.78 is 48.8. The molecule has 1 fully saturated rings. The van der Waals surface area contributed by atoms with Crippen LogP contribution in [0.15, 0.2) is 24.3 Å². The molecule has 5 rings (SSSR count). The highest BCUT2D eigenvalue weighted by Gasteiger charge is 2.35. The van der Waals surface area contributed by atoms with Gasteiger partial charge in [0, 0.05) is 29.7 Å². The first-order valence-corrected chi connectivity index (χ1v) is 12.0. The summed E-state index contributed by atoms with van der Waals surface area (Å²) in [6, 6.07) is 5.30. The van der Waals surface area contributed by atoms with Crippen LogP contribution in [-0.4, -0.2) is 48.0 Å². The molecule has 9 heteroatoms. The number of hydrogen-bond donors (Lipinski definition) is 2. The lowest BCUT2D eigenvalue weighted by Crippen LogP contribution is -2.36. The number of aromatic nitrogens is 2. The van der Waals surface area contributed by atoms with Crippen molar-refractivity contribution in [3.63, 3.8) is 0 Å². The third-order valence-electron chi connectivity index (χ3n) is 6.94. The average molecular weight is 487 g/mol. The van der Waals surface area contributed by atoms with Crippen LogP contribution in [0.5, 0.6) is 0 Å². The van der Waals surface area contributed by atoms with E-state index in [0.29, 0.717) is 24.9 Å². The number of benzene rings is 2. The van der Waals surface area contributed by atoms with Crippen molar-refractivity contribution in [3.8, 4) is 0 Å². The number of nitrogens with zero attached hydrogens (tertiary/aromatic N) is 3. The molecule has 1 aromatic heterocycles. The lowest BCUT2D eigenvalue weighted by atomic mass is 9.99. The molecule has 3 aromatic rings. The van der Waals surface area contributed by atoms with Gasteiger partial charge in [0.1, 0.15) is 24.1 Å². The summed E-state index contributed by atoms with van der Waals surface area (Å²) >= 11 is 0. The van der Waals surface area contributed by atoms with E-state index in [2.05, 4.69) is 21.3 Å². The van der Waals surface area contributed by atoms with Crippen LogP contribution in [0.25, 0.3) is 10.9 Å². The molecule has 35 heavy (non-hydrogen) atoms. The van der Waals surface area contributed by atoms with Crippen molar-refractivity contribution in [3.05, 3.63) is 58.2 Å². The van der Waals surface area contributed by atoms with Gasteiger partial charge in [-0.15, -0.1) is 0 Å². The van der Waals surface area contributed by atoms with Crippen molar-refractivity contribution in [2.45, 2.75) is 45.1 Å². The van der Waals surface area contributed by atoms with Crippen molar-refractivity contribution < 1.29 is 23.0 Å². The molecule has 2 N–H and O–H groups in total. The summed E-state index contributed by atoms with van der Waals surface area (Å²) in [5.74, 6) is -3.56. The molecule has 0 radical (unpaired) electrons. The second-order valence-electron chi connectivity index (χ2n) is 9.26. The Morgan fingerprint density at radius 1 is 1.17 bits per heavy atom. The number of hydrogen-bond acceptors (Lipinski definition) is 6. The van der Waals surface area contributed by atoms with Crippen molar-refractivity contribution in [2.24, 2.45) is 0 Å². The van der Waals surface area contributed by atoms with Crippen LogP contribution in [0.4, 0.5) is 24.7 Å². The fraction of sp³-hybridized carbons (Fsp3) is 0.462. The van der Waals surface area contributed by atoms with Crippen molar-refractivity contribution >= 4 is 22.4 Å². The Kier molecular flexibility index (Phi) is 6.31. The van der Waals surface area contributed by atoms with Gasteiger partial charge in [-0.25, -0.2) is 14.4 Å². The third kappa shape index (κ3) is 4.31. The second kappa shape index (κ2) is 9.28. The summed E-state index contributed by atoms with van der Waals surface area (Å²) in [6.45, 7) is 5.03. The van der Waals surface area contributed by atoms with Crippen LogP contribution in [0.1, 0.15) is 47.5 Å². The molecule has 0 spiro atoms. The van der Waals surface area contributed by atoms with Gasteiger partial charge < -0.3 is 20.1 Å². The average Bonchev–Trinajstić information content (AvgIpc) is 3.34. The van der Waals surface area contributed by atoms with Crippen LogP contribution in [-0.2, 0) is 23.5 Å². The first kappa shape index (κ1) is 23.8. The molecule has 6 nitrogen and oxygen atoms in total. The Bertz CT molecular complexity index is 1260. The van der Waals surface area contributed by atoms with E-state index < -0.39 is 30.0 Å².